The maximum Gasteiger partial charge on any atom is 0.127 e. The van der Waals surface area contributed by atoms with Crippen molar-refractivity contribution in [2.75, 3.05) is 13.1 Å². The first-order chi connectivity index (χ1) is 8.05. The Morgan fingerprint density at radius 3 is 2.94 bits per heavy atom. The third-order valence-corrected chi connectivity index (χ3v) is 3.87. The summed E-state index contributed by atoms with van der Waals surface area (Å²) in [6.07, 6.45) is 2.13. The number of benzene rings is 1. The third-order valence-electron chi connectivity index (χ3n) is 3.65. The van der Waals surface area contributed by atoms with E-state index in [2.05, 4.69) is 31.3 Å². The van der Waals surface area contributed by atoms with Gasteiger partial charge in [0.25, 0.3) is 0 Å². The summed E-state index contributed by atoms with van der Waals surface area (Å²) >= 11 is 6.22. The summed E-state index contributed by atoms with van der Waals surface area (Å²) in [6.45, 7) is 6.40. The zero-order valence-electron chi connectivity index (χ0n) is 10.3. The van der Waals surface area contributed by atoms with Gasteiger partial charge in [-0.2, -0.15) is 0 Å². The quantitative estimate of drug-likeness (QED) is 0.828. The smallest absolute Gasteiger partial charge is 0.127 e. The van der Waals surface area contributed by atoms with E-state index in [0.717, 1.165) is 30.3 Å². The van der Waals surface area contributed by atoms with Gasteiger partial charge in [-0.1, -0.05) is 11.6 Å². The highest BCUT2D eigenvalue weighted by Crippen LogP contribution is 2.43. The van der Waals surface area contributed by atoms with Gasteiger partial charge in [0, 0.05) is 29.5 Å². The second-order valence-electron chi connectivity index (χ2n) is 5.71. The van der Waals surface area contributed by atoms with Gasteiger partial charge in [-0.15, -0.1) is 0 Å². The summed E-state index contributed by atoms with van der Waals surface area (Å²) in [5.74, 6) is 1.64. The molecule has 0 amide bonds. The molecule has 0 aliphatic carbocycles. The molecule has 1 fully saturated rings. The van der Waals surface area contributed by atoms with Crippen LogP contribution in [0.25, 0.3) is 0 Å². The van der Waals surface area contributed by atoms with Gasteiger partial charge in [-0.25, -0.2) is 0 Å². The van der Waals surface area contributed by atoms with Crippen LogP contribution in [0.2, 0.25) is 5.02 Å². The highest BCUT2D eigenvalue weighted by Gasteiger charge is 2.34. The Balaban J connectivity index is 2.05. The van der Waals surface area contributed by atoms with Crippen molar-refractivity contribution in [3.05, 3.63) is 28.3 Å². The van der Waals surface area contributed by atoms with Crippen molar-refractivity contribution in [3.8, 4) is 5.75 Å². The number of rotatable bonds is 1. The predicted octanol–water partition coefficient (Wildman–Crippen LogP) is 3.13. The van der Waals surface area contributed by atoms with Crippen molar-refractivity contribution in [1.29, 1.82) is 0 Å². The van der Waals surface area contributed by atoms with Crippen LogP contribution in [0.4, 0.5) is 0 Å². The van der Waals surface area contributed by atoms with Crippen molar-refractivity contribution in [3.63, 3.8) is 0 Å². The SMILES string of the molecule is CC1(C)Cc2cc(Cl)cc(C3CCNC3)c2O1. The van der Waals surface area contributed by atoms with Gasteiger partial charge in [0.2, 0.25) is 0 Å². The number of fused-ring (bicyclic) bond motifs is 1. The molecule has 92 valence electrons. The Bertz CT molecular complexity index is 450. The van der Waals surface area contributed by atoms with E-state index in [0.29, 0.717) is 5.92 Å². The molecule has 0 bridgehead atoms. The molecule has 0 spiro atoms. The van der Waals surface area contributed by atoms with Gasteiger partial charge in [0.05, 0.1) is 0 Å². The summed E-state index contributed by atoms with van der Waals surface area (Å²) in [4.78, 5) is 0. The van der Waals surface area contributed by atoms with Gasteiger partial charge < -0.3 is 10.1 Å². The Morgan fingerprint density at radius 2 is 2.24 bits per heavy atom. The van der Waals surface area contributed by atoms with E-state index in [1.165, 1.54) is 17.5 Å². The molecule has 3 heteroatoms. The van der Waals surface area contributed by atoms with Crippen LogP contribution in [0.15, 0.2) is 12.1 Å². The zero-order valence-corrected chi connectivity index (χ0v) is 11.1. The lowest BCUT2D eigenvalue weighted by molar-refractivity contribution is 0.137. The van der Waals surface area contributed by atoms with Crippen LogP contribution >= 0.6 is 11.6 Å². The maximum absolute atomic E-state index is 6.22. The number of nitrogens with one attached hydrogen (secondary N) is 1. The molecular formula is C14H18ClNO. The van der Waals surface area contributed by atoms with Crippen molar-refractivity contribution in [2.24, 2.45) is 0 Å². The van der Waals surface area contributed by atoms with Crippen molar-refractivity contribution >= 4 is 11.6 Å². The van der Waals surface area contributed by atoms with Crippen LogP contribution < -0.4 is 10.1 Å². The fourth-order valence-electron chi connectivity index (χ4n) is 2.92. The molecule has 1 aromatic rings. The van der Waals surface area contributed by atoms with Gasteiger partial charge >= 0.3 is 0 Å². The van der Waals surface area contributed by atoms with Crippen molar-refractivity contribution in [1.82, 2.24) is 5.32 Å². The number of hydrogen-bond donors (Lipinski definition) is 1. The van der Waals surface area contributed by atoms with Crippen LogP contribution in [-0.2, 0) is 6.42 Å². The van der Waals surface area contributed by atoms with Crippen molar-refractivity contribution < 1.29 is 4.74 Å². The third kappa shape index (κ3) is 2.04. The molecule has 2 heterocycles. The molecule has 1 atom stereocenters. The lowest BCUT2D eigenvalue weighted by Gasteiger charge is -2.20. The van der Waals surface area contributed by atoms with E-state index < -0.39 is 0 Å². The Morgan fingerprint density at radius 1 is 1.41 bits per heavy atom. The fraction of sp³-hybridized carbons (Fsp3) is 0.571. The van der Waals surface area contributed by atoms with Gasteiger partial charge in [0.15, 0.2) is 0 Å². The Hall–Kier alpha value is -0.730. The number of halogens is 1. The van der Waals surface area contributed by atoms with Crippen LogP contribution in [0, 0.1) is 0 Å². The fourth-order valence-corrected chi connectivity index (χ4v) is 3.17. The molecule has 2 nitrogen and oxygen atoms in total. The topological polar surface area (TPSA) is 21.3 Å². The molecule has 0 saturated carbocycles. The molecule has 1 saturated heterocycles. The van der Waals surface area contributed by atoms with Gasteiger partial charge in [-0.3, -0.25) is 0 Å². The van der Waals surface area contributed by atoms with Gasteiger partial charge in [0.1, 0.15) is 11.4 Å². The first kappa shape index (κ1) is 11.4. The largest absolute Gasteiger partial charge is 0.487 e. The van der Waals surface area contributed by atoms with Gasteiger partial charge in [-0.05, 0) is 44.5 Å². The number of ether oxygens (including phenoxy) is 1. The minimum atomic E-state index is -0.0895. The minimum Gasteiger partial charge on any atom is -0.487 e. The second-order valence-corrected chi connectivity index (χ2v) is 6.15. The molecule has 1 N–H and O–H groups in total. The number of hydrogen-bond acceptors (Lipinski definition) is 2. The van der Waals surface area contributed by atoms with E-state index in [-0.39, 0.29) is 5.60 Å². The molecular weight excluding hydrogens is 234 g/mol. The normalized spacial score (nSPS) is 25.7. The molecule has 2 aliphatic rings. The summed E-state index contributed by atoms with van der Waals surface area (Å²) in [6, 6.07) is 4.14. The molecule has 2 aliphatic heterocycles. The maximum atomic E-state index is 6.22. The van der Waals surface area contributed by atoms with Crippen molar-refractivity contribution in [2.45, 2.75) is 38.2 Å². The summed E-state index contributed by atoms with van der Waals surface area (Å²) in [5, 5.41) is 4.24. The minimum absolute atomic E-state index is 0.0895. The summed E-state index contributed by atoms with van der Waals surface area (Å²) < 4.78 is 6.11. The first-order valence-corrected chi connectivity index (χ1v) is 6.65. The highest BCUT2D eigenvalue weighted by atomic mass is 35.5. The molecule has 0 radical (unpaired) electrons. The molecule has 1 aromatic carbocycles. The Labute approximate surface area is 107 Å². The zero-order chi connectivity index (χ0) is 12.0. The highest BCUT2D eigenvalue weighted by molar-refractivity contribution is 6.30. The van der Waals surface area contributed by atoms with E-state index in [4.69, 9.17) is 16.3 Å². The van der Waals surface area contributed by atoms with E-state index in [1.54, 1.807) is 0 Å². The molecule has 1 unspecified atom stereocenters. The van der Waals surface area contributed by atoms with E-state index in [1.807, 2.05) is 0 Å². The van der Waals surface area contributed by atoms with Crippen LogP contribution in [0.1, 0.15) is 37.3 Å². The molecule has 0 aromatic heterocycles. The van der Waals surface area contributed by atoms with E-state index in [9.17, 15) is 0 Å². The van der Waals surface area contributed by atoms with Crippen LogP contribution in [-0.4, -0.2) is 18.7 Å². The lowest BCUT2D eigenvalue weighted by Crippen LogP contribution is -2.25. The predicted molar refractivity (Wildman–Crippen MR) is 70.1 cm³/mol. The van der Waals surface area contributed by atoms with E-state index >= 15 is 0 Å². The summed E-state index contributed by atoms with van der Waals surface area (Å²) in [5.41, 5.74) is 2.47. The first-order valence-electron chi connectivity index (χ1n) is 6.27. The standard InChI is InChI=1S/C14H18ClNO/c1-14(2)7-10-5-11(15)6-12(13(10)17-14)9-3-4-16-8-9/h5-6,9,16H,3-4,7-8H2,1-2H3. The molecule has 3 rings (SSSR count). The Kier molecular flexibility index (Phi) is 2.60. The second kappa shape index (κ2) is 3.89. The molecule has 17 heavy (non-hydrogen) atoms. The average molecular weight is 252 g/mol. The van der Waals surface area contributed by atoms with Crippen LogP contribution in [0.3, 0.4) is 0 Å². The average Bonchev–Trinajstić information content (AvgIpc) is 2.81. The lowest BCUT2D eigenvalue weighted by atomic mass is 9.94. The van der Waals surface area contributed by atoms with Crippen LogP contribution in [0.5, 0.6) is 5.75 Å². The monoisotopic (exact) mass is 251 g/mol. The summed E-state index contributed by atoms with van der Waals surface area (Å²) in [7, 11) is 0.